The molecule has 16 heavy (non-hydrogen) atoms. The van der Waals surface area contributed by atoms with Gasteiger partial charge in [0.2, 0.25) is 0 Å². The van der Waals surface area contributed by atoms with Crippen LogP contribution in [-0.2, 0) is 0 Å². The molecule has 1 heterocycles. The molecule has 2 aromatic rings. The molecule has 0 fully saturated rings. The second kappa shape index (κ2) is 5.03. The second-order valence-corrected chi connectivity index (χ2v) is 4.06. The zero-order valence-electron chi connectivity index (χ0n) is 8.40. The summed E-state index contributed by atoms with van der Waals surface area (Å²) >= 11 is 3.21. The van der Waals surface area contributed by atoms with E-state index in [1.807, 2.05) is 36.4 Å². The molecule has 2 rings (SSSR count). The Balaban J connectivity index is 2.27. The number of nitrogens with zero attached hydrogens (tertiary/aromatic N) is 1. The summed E-state index contributed by atoms with van der Waals surface area (Å²) < 4.78 is 14.0. The van der Waals surface area contributed by atoms with Crippen molar-refractivity contribution in [2.75, 3.05) is 0 Å². The van der Waals surface area contributed by atoms with Crippen LogP contribution in [0.1, 0.15) is 11.3 Å². The summed E-state index contributed by atoms with van der Waals surface area (Å²) in [6, 6.07) is 12.7. The molecule has 1 aromatic carbocycles. The van der Waals surface area contributed by atoms with Crippen LogP contribution in [0, 0.1) is 5.82 Å². The van der Waals surface area contributed by atoms with Crippen LogP contribution < -0.4 is 0 Å². The van der Waals surface area contributed by atoms with Crippen LogP contribution >= 0.6 is 15.9 Å². The lowest BCUT2D eigenvalue weighted by molar-refractivity contribution is 0.617. The minimum atomic E-state index is -0.324. The standard InChI is InChI=1S/C13H9BrFN/c14-13-9-7-11(15)12(16-13)8-6-10-4-2-1-3-5-10/h1-9H. The van der Waals surface area contributed by atoms with Crippen molar-refractivity contribution < 1.29 is 4.39 Å². The van der Waals surface area contributed by atoms with Gasteiger partial charge in [-0.05, 0) is 39.7 Å². The van der Waals surface area contributed by atoms with Crippen molar-refractivity contribution in [1.82, 2.24) is 4.98 Å². The number of aromatic nitrogens is 1. The van der Waals surface area contributed by atoms with Gasteiger partial charge in [-0.2, -0.15) is 0 Å². The van der Waals surface area contributed by atoms with E-state index in [-0.39, 0.29) is 5.82 Å². The average Bonchev–Trinajstić information content (AvgIpc) is 2.32. The van der Waals surface area contributed by atoms with Gasteiger partial charge in [0.05, 0.1) is 0 Å². The largest absolute Gasteiger partial charge is 0.238 e. The SMILES string of the molecule is Fc1ccc(Br)nc1C=Cc1ccccc1. The third-order valence-corrected chi connectivity index (χ3v) is 2.51. The van der Waals surface area contributed by atoms with E-state index in [9.17, 15) is 4.39 Å². The van der Waals surface area contributed by atoms with Crippen LogP contribution in [0.4, 0.5) is 4.39 Å². The van der Waals surface area contributed by atoms with Gasteiger partial charge in [0.15, 0.2) is 0 Å². The van der Waals surface area contributed by atoms with Crippen molar-refractivity contribution in [3.05, 3.63) is 64.1 Å². The van der Waals surface area contributed by atoms with Crippen molar-refractivity contribution in [3.63, 3.8) is 0 Å². The first kappa shape index (κ1) is 11.0. The lowest BCUT2D eigenvalue weighted by Gasteiger charge is -1.97. The highest BCUT2D eigenvalue weighted by atomic mass is 79.9. The van der Waals surface area contributed by atoms with Crippen molar-refractivity contribution in [2.24, 2.45) is 0 Å². The first-order valence-corrected chi connectivity index (χ1v) is 5.60. The number of halogens is 2. The minimum absolute atomic E-state index is 0.324. The number of hydrogen-bond acceptors (Lipinski definition) is 1. The second-order valence-electron chi connectivity index (χ2n) is 3.25. The highest BCUT2D eigenvalue weighted by molar-refractivity contribution is 9.10. The number of rotatable bonds is 2. The molecule has 0 spiro atoms. The van der Waals surface area contributed by atoms with Gasteiger partial charge in [-0.1, -0.05) is 36.4 Å². The molecule has 0 amide bonds. The molecule has 0 atom stereocenters. The maximum Gasteiger partial charge on any atom is 0.148 e. The summed E-state index contributed by atoms with van der Waals surface area (Å²) in [5.74, 6) is -0.324. The molecule has 0 bridgehead atoms. The summed E-state index contributed by atoms with van der Waals surface area (Å²) in [6.45, 7) is 0. The van der Waals surface area contributed by atoms with Gasteiger partial charge in [0.25, 0.3) is 0 Å². The fourth-order valence-electron chi connectivity index (χ4n) is 1.29. The molecule has 3 heteroatoms. The van der Waals surface area contributed by atoms with E-state index >= 15 is 0 Å². The summed E-state index contributed by atoms with van der Waals surface area (Å²) in [5, 5.41) is 0. The molecular formula is C13H9BrFN. The normalized spacial score (nSPS) is 10.9. The van der Waals surface area contributed by atoms with Gasteiger partial charge in [-0.3, -0.25) is 0 Å². The number of pyridine rings is 1. The Bertz CT molecular complexity index is 509. The maximum atomic E-state index is 13.3. The molecule has 0 radical (unpaired) electrons. The van der Waals surface area contributed by atoms with Crippen molar-refractivity contribution >= 4 is 28.1 Å². The van der Waals surface area contributed by atoms with E-state index in [0.717, 1.165) is 5.56 Å². The summed E-state index contributed by atoms with van der Waals surface area (Å²) in [6.07, 6.45) is 3.49. The monoisotopic (exact) mass is 277 g/mol. The highest BCUT2D eigenvalue weighted by Gasteiger charge is 2.00. The van der Waals surface area contributed by atoms with E-state index in [4.69, 9.17) is 0 Å². The molecule has 0 aliphatic rings. The molecule has 0 aliphatic heterocycles. The van der Waals surface area contributed by atoms with Crippen LogP contribution in [0.2, 0.25) is 0 Å². The lowest BCUT2D eigenvalue weighted by atomic mass is 10.2. The molecule has 0 saturated heterocycles. The molecule has 1 nitrogen and oxygen atoms in total. The predicted molar refractivity (Wildman–Crippen MR) is 67.3 cm³/mol. The van der Waals surface area contributed by atoms with Crippen molar-refractivity contribution in [1.29, 1.82) is 0 Å². The van der Waals surface area contributed by atoms with Gasteiger partial charge in [-0.15, -0.1) is 0 Å². The topological polar surface area (TPSA) is 12.9 Å². The molecule has 80 valence electrons. The zero-order chi connectivity index (χ0) is 11.4. The van der Waals surface area contributed by atoms with E-state index in [1.54, 1.807) is 12.1 Å². The van der Waals surface area contributed by atoms with E-state index < -0.39 is 0 Å². The summed E-state index contributed by atoms with van der Waals surface area (Å²) in [4.78, 5) is 4.04. The third kappa shape index (κ3) is 2.76. The van der Waals surface area contributed by atoms with Gasteiger partial charge >= 0.3 is 0 Å². The van der Waals surface area contributed by atoms with E-state index in [1.165, 1.54) is 6.07 Å². The van der Waals surface area contributed by atoms with Crippen molar-refractivity contribution in [2.45, 2.75) is 0 Å². The maximum absolute atomic E-state index is 13.3. The molecule has 0 aliphatic carbocycles. The lowest BCUT2D eigenvalue weighted by Crippen LogP contribution is -1.87. The van der Waals surface area contributed by atoms with E-state index in [2.05, 4.69) is 20.9 Å². The van der Waals surface area contributed by atoms with Gasteiger partial charge in [0.1, 0.15) is 16.1 Å². The molecule has 0 saturated carbocycles. The Morgan fingerprint density at radius 1 is 1.00 bits per heavy atom. The average molecular weight is 278 g/mol. The Kier molecular flexibility index (Phi) is 3.47. The first-order valence-electron chi connectivity index (χ1n) is 4.81. The van der Waals surface area contributed by atoms with Crippen LogP contribution in [-0.4, -0.2) is 4.98 Å². The molecule has 0 unspecified atom stereocenters. The third-order valence-electron chi connectivity index (χ3n) is 2.07. The Morgan fingerprint density at radius 3 is 2.50 bits per heavy atom. The fourth-order valence-corrected chi connectivity index (χ4v) is 1.61. The van der Waals surface area contributed by atoms with Crippen LogP contribution in [0.3, 0.4) is 0 Å². The molecule has 1 aromatic heterocycles. The zero-order valence-corrected chi connectivity index (χ0v) is 9.99. The van der Waals surface area contributed by atoms with Gasteiger partial charge < -0.3 is 0 Å². The minimum Gasteiger partial charge on any atom is -0.238 e. The number of hydrogen-bond donors (Lipinski definition) is 0. The number of benzene rings is 1. The smallest absolute Gasteiger partial charge is 0.148 e. The molecule has 0 N–H and O–H groups in total. The van der Waals surface area contributed by atoms with E-state index in [0.29, 0.717) is 10.3 Å². The Labute approximate surface area is 102 Å². The molecular weight excluding hydrogens is 269 g/mol. The van der Waals surface area contributed by atoms with Crippen LogP contribution in [0.5, 0.6) is 0 Å². The van der Waals surface area contributed by atoms with Crippen LogP contribution in [0.25, 0.3) is 12.2 Å². The first-order chi connectivity index (χ1) is 7.75. The summed E-state index contributed by atoms with van der Waals surface area (Å²) in [5.41, 5.74) is 1.35. The summed E-state index contributed by atoms with van der Waals surface area (Å²) in [7, 11) is 0. The van der Waals surface area contributed by atoms with Gasteiger partial charge in [-0.25, -0.2) is 9.37 Å². The highest BCUT2D eigenvalue weighted by Crippen LogP contribution is 2.13. The van der Waals surface area contributed by atoms with Crippen LogP contribution in [0.15, 0.2) is 47.1 Å². The quantitative estimate of drug-likeness (QED) is 0.752. The predicted octanol–water partition coefficient (Wildman–Crippen LogP) is 4.15. The Hall–Kier alpha value is -1.48. The Morgan fingerprint density at radius 2 is 1.75 bits per heavy atom. The van der Waals surface area contributed by atoms with Crippen molar-refractivity contribution in [3.8, 4) is 0 Å². The fraction of sp³-hybridized carbons (Fsp3) is 0. The van der Waals surface area contributed by atoms with Gasteiger partial charge in [0, 0.05) is 0 Å².